The number of carbonyl (C=O) groups is 1. The van der Waals surface area contributed by atoms with Crippen molar-refractivity contribution in [3.8, 4) is 11.3 Å². The molecule has 1 aliphatic heterocycles. The minimum Gasteiger partial charge on any atom is -0.464 e. The minimum absolute atomic E-state index is 0.283. The second-order valence-corrected chi connectivity index (χ2v) is 5.69. The lowest BCUT2D eigenvalue weighted by atomic mass is 9.98. The molecule has 0 saturated heterocycles. The number of furan rings is 1. The van der Waals surface area contributed by atoms with E-state index in [0.717, 1.165) is 49.2 Å². The number of fused-ring (bicyclic) bond motifs is 1. The number of anilines is 1. The molecule has 1 amide bonds. The molecule has 3 nitrogen and oxygen atoms in total. The first-order valence-corrected chi connectivity index (χ1v) is 7.31. The molecule has 1 aromatic heterocycles. The molecule has 1 aliphatic carbocycles. The lowest BCUT2D eigenvalue weighted by molar-refractivity contribution is -0.119. The molecule has 4 rings (SSSR count). The number of rotatable bonds is 2. The number of benzene rings is 1. The minimum atomic E-state index is 0.283. The smallest absolute Gasteiger partial charge is 0.230 e. The van der Waals surface area contributed by atoms with Crippen molar-refractivity contribution in [2.24, 2.45) is 5.92 Å². The second-order valence-electron chi connectivity index (χ2n) is 5.69. The van der Waals surface area contributed by atoms with E-state index in [-0.39, 0.29) is 5.92 Å². The number of amides is 1. The molecule has 1 fully saturated rings. The molecule has 0 N–H and O–H groups in total. The molecule has 2 heterocycles. The van der Waals surface area contributed by atoms with E-state index < -0.39 is 0 Å². The first kappa shape index (κ1) is 11.8. The summed E-state index contributed by atoms with van der Waals surface area (Å²) in [6, 6.07) is 10.2. The third-order valence-electron chi connectivity index (χ3n) is 4.20. The van der Waals surface area contributed by atoms with Crippen LogP contribution in [0, 0.1) is 5.92 Å². The molecule has 0 spiro atoms. The van der Waals surface area contributed by atoms with Gasteiger partial charge in [-0.1, -0.05) is 0 Å². The first-order valence-electron chi connectivity index (χ1n) is 7.31. The first-order chi connectivity index (χ1) is 9.83. The summed E-state index contributed by atoms with van der Waals surface area (Å²) in [5.41, 5.74) is 3.46. The van der Waals surface area contributed by atoms with Crippen molar-refractivity contribution in [3.05, 3.63) is 42.2 Å². The molecule has 0 bridgehead atoms. The Balaban J connectivity index is 1.70. The van der Waals surface area contributed by atoms with Crippen molar-refractivity contribution in [2.45, 2.75) is 25.7 Å². The van der Waals surface area contributed by atoms with Gasteiger partial charge in [-0.2, -0.15) is 0 Å². The van der Waals surface area contributed by atoms with Gasteiger partial charge < -0.3 is 9.32 Å². The Hall–Kier alpha value is -2.03. The van der Waals surface area contributed by atoms with Crippen molar-refractivity contribution in [1.82, 2.24) is 0 Å². The summed E-state index contributed by atoms with van der Waals surface area (Å²) in [4.78, 5) is 14.3. The summed E-state index contributed by atoms with van der Waals surface area (Å²) in [6.07, 6.45) is 5.91. The summed E-state index contributed by atoms with van der Waals surface area (Å²) in [5, 5.41) is 0. The fraction of sp³-hybridized carbons (Fsp3) is 0.353. The van der Waals surface area contributed by atoms with Crippen molar-refractivity contribution >= 4 is 11.6 Å². The van der Waals surface area contributed by atoms with Gasteiger partial charge >= 0.3 is 0 Å². The van der Waals surface area contributed by atoms with Gasteiger partial charge in [-0.3, -0.25) is 4.79 Å². The quantitative estimate of drug-likeness (QED) is 0.832. The fourth-order valence-electron chi connectivity index (χ4n) is 2.97. The maximum absolute atomic E-state index is 12.3. The third kappa shape index (κ3) is 1.94. The molecule has 3 heteroatoms. The zero-order valence-corrected chi connectivity index (χ0v) is 11.3. The third-order valence-corrected chi connectivity index (χ3v) is 4.20. The Morgan fingerprint density at radius 3 is 2.90 bits per heavy atom. The zero-order chi connectivity index (χ0) is 13.5. The van der Waals surface area contributed by atoms with Gasteiger partial charge in [0, 0.05) is 23.7 Å². The van der Waals surface area contributed by atoms with Gasteiger partial charge in [-0.15, -0.1) is 0 Å². The normalized spacial score (nSPS) is 17.9. The van der Waals surface area contributed by atoms with Crippen LogP contribution in [0.25, 0.3) is 11.3 Å². The monoisotopic (exact) mass is 267 g/mol. The molecule has 20 heavy (non-hydrogen) atoms. The molecule has 0 radical (unpaired) electrons. The summed E-state index contributed by atoms with van der Waals surface area (Å²) < 4.78 is 5.45. The summed E-state index contributed by atoms with van der Waals surface area (Å²) in [7, 11) is 0. The van der Waals surface area contributed by atoms with Crippen LogP contribution in [0.1, 0.15) is 24.8 Å². The molecular weight excluding hydrogens is 250 g/mol. The Kier molecular flexibility index (Phi) is 2.66. The van der Waals surface area contributed by atoms with Gasteiger partial charge in [-0.25, -0.2) is 0 Å². The number of carbonyl (C=O) groups excluding carboxylic acids is 1. The largest absolute Gasteiger partial charge is 0.464 e. The van der Waals surface area contributed by atoms with Crippen LogP contribution in [-0.2, 0) is 11.2 Å². The summed E-state index contributed by atoms with van der Waals surface area (Å²) in [6.45, 7) is 0.864. The summed E-state index contributed by atoms with van der Waals surface area (Å²) in [5.74, 6) is 1.49. The predicted molar refractivity (Wildman–Crippen MR) is 77.5 cm³/mol. The molecular formula is C17H17NO2. The zero-order valence-electron chi connectivity index (χ0n) is 11.3. The van der Waals surface area contributed by atoms with Crippen molar-refractivity contribution in [2.75, 3.05) is 11.4 Å². The van der Waals surface area contributed by atoms with Crippen LogP contribution in [0.2, 0.25) is 0 Å². The molecule has 1 aromatic carbocycles. The maximum Gasteiger partial charge on any atom is 0.230 e. The number of hydrogen-bond donors (Lipinski definition) is 0. The Bertz CT molecular complexity index is 641. The van der Waals surface area contributed by atoms with Crippen LogP contribution in [0.15, 0.2) is 41.0 Å². The Morgan fingerprint density at radius 1 is 1.25 bits per heavy atom. The van der Waals surface area contributed by atoms with E-state index in [9.17, 15) is 4.79 Å². The number of hydrogen-bond acceptors (Lipinski definition) is 2. The van der Waals surface area contributed by atoms with Crippen LogP contribution in [0.3, 0.4) is 0 Å². The van der Waals surface area contributed by atoms with Gasteiger partial charge in [0.15, 0.2) is 0 Å². The molecule has 0 unspecified atom stereocenters. The number of nitrogens with zero attached hydrogens (tertiary/aromatic N) is 1. The van der Waals surface area contributed by atoms with Crippen LogP contribution >= 0.6 is 0 Å². The van der Waals surface area contributed by atoms with Crippen LogP contribution in [-0.4, -0.2) is 12.5 Å². The summed E-state index contributed by atoms with van der Waals surface area (Å²) >= 11 is 0. The van der Waals surface area contributed by atoms with E-state index in [2.05, 4.69) is 18.2 Å². The van der Waals surface area contributed by atoms with E-state index in [1.807, 2.05) is 17.0 Å². The average Bonchev–Trinajstić information content (AvgIpc) is 3.20. The molecule has 2 aliphatic rings. The fourth-order valence-corrected chi connectivity index (χ4v) is 2.97. The molecule has 2 aromatic rings. The van der Waals surface area contributed by atoms with Gasteiger partial charge in [0.2, 0.25) is 5.91 Å². The van der Waals surface area contributed by atoms with Crippen LogP contribution < -0.4 is 4.90 Å². The highest BCUT2D eigenvalue weighted by Gasteiger charge is 2.35. The molecule has 0 atom stereocenters. The lowest BCUT2D eigenvalue weighted by Crippen LogP contribution is -2.36. The highest BCUT2D eigenvalue weighted by atomic mass is 16.3. The van der Waals surface area contributed by atoms with E-state index >= 15 is 0 Å². The van der Waals surface area contributed by atoms with Crippen molar-refractivity contribution < 1.29 is 9.21 Å². The maximum atomic E-state index is 12.3. The highest BCUT2D eigenvalue weighted by molar-refractivity contribution is 5.97. The van der Waals surface area contributed by atoms with Gasteiger partial charge in [0.25, 0.3) is 0 Å². The van der Waals surface area contributed by atoms with Gasteiger partial charge in [0.05, 0.1) is 6.26 Å². The SMILES string of the molecule is O=C(C1CC1)N1CCCc2cc(-c3ccco3)ccc21. The van der Waals surface area contributed by atoms with E-state index in [4.69, 9.17) is 4.42 Å². The lowest BCUT2D eigenvalue weighted by Gasteiger charge is -2.30. The van der Waals surface area contributed by atoms with Crippen LogP contribution in [0.5, 0.6) is 0 Å². The van der Waals surface area contributed by atoms with Gasteiger partial charge in [-0.05, 0) is 61.6 Å². The van der Waals surface area contributed by atoms with E-state index in [0.29, 0.717) is 5.91 Å². The standard InChI is InChI=1S/C17H17NO2/c19-17(12-5-6-12)18-9-1-3-13-11-14(7-8-15(13)18)16-4-2-10-20-16/h2,4,7-8,10-12H,1,3,5-6,9H2. The topological polar surface area (TPSA) is 33.5 Å². The molecule has 102 valence electrons. The predicted octanol–water partition coefficient (Wildman–Crippen LogP) is 3.64. The molecule has 1 saturated carbocycles. The average molecular weight is 267 g/mol. The van der Waals surface area contributed by atoms with Crippen molar-refractivity contribution in [1.29, 1.82) is 0 Å². The Labute approximate surface area is 118 Å². The van der Waals surface area contributed by atoms with E-state index in [1.54, 1.807) is 6.26 Å². The van der Waals surface area contributed by atoms with E-state index in [1.165, 1.54) is 5.56 Å². The highest BCUT2D eigenvalue weighted by Crippen LogP contribution is 2.37. The van der Waals surface area contributed by atoms with Crippen LogP contribution in [0.4, 0.5) is 5.69 Å². The van der Waals surface area contributed by atoms with Gasteiger partial charge in [0.1, 0.15) is 5.76 Å². The second kappa shape index (κ2) is 4.51. The Morgan fingerprint density at radius 2 is 2.15 bits per heavy atom. The van der Waals surface area contributed by atoms with Crippen molar-refractivity contribution in [3.63, 3.8) is 0 Å². The number of aryl methyl sites for hydroxylation is 1.